The van der Waals surface area contributed by atoms with Gasteiger partial charge < -0.3 is 9.64 Å². The average molecular weight is 477 g/mol. The van der Waals surface area contributed by atoms with E-state index >= 15 is 0 Å². The van der Waals surface area contributed by atoms with Crippen LogP contribution in [-0.4, -0.2) is 49.9 Å². The van der Waals surface area contributed by atoms with Crippen molar-refractivity contribution < 1.29 is 9.53 Å². The third-order valence-corrected chi connectivity index (χ3v) is 6.29. The summed E-state index contributed by atoms with van der Waals surface area (Å²) in [7, 11) is 1.87. The van der Waals surface area contributed by atoms with E-state index in [1.807, 2.05) is 44.9 Å². The van der Waals surface area contributed by atoms with Gasteiger partial charge in [0.2, 0.25) is 0 Å². The number of tetrazole rings is 1. The molecule has 0 saturated carbocycles. The molecule has 1 fully saturated rings. The van der Waals surface area contributed by atoms with E-state index in [-0.39, 0.29) is 17.6 Å². The van der Waals surface area contributed by atoms with Crippen LogP contribution in [0.2, 0.25) is 5.02 Å². The number of carbonyl (C=O) groups excluding carboxylic acids is 1. The van der Waals surface area contributed by atoms with Crippen LogP contribution in [0.1, 0.15) is 78.2 Å². The fourth-order valence-corrected chi connectivity index (χ4v) is 4.95. The van der Waals surface area contributed by atoms with Crippen molar-refractivity contribution in [3.63, 3.8) is 0 Å². The van der Waals surface area contributed by atoms with Crippen molar-refractivity contribution in [3.8, 4) is 0 Å². The van der Waals surface area contributed by atoms with Gasteiger partial charge in [0.1, 0.15) is 5.60 Å². The standard InChI is InChI=1S/C24H37ClN6O2/c1-8-19(17-9-11-18(25)12-10-17)26-24(20-27-28-29-30(20)7)13-14-31(16-23(5,6)15-24)21(32)33-22(2,3)4/h9-12,19,26H,8,13-16H2,1-7H3/t19-,24?/m0/s1. The van der Waals surface area contributed by atoms with Gasteiger partial charge >= 0.3 is 6.09 Å². The second-order valence-electron chi connectivity index (χ2n) is 10.9. The molecule has 1 N–H and O–H groups in total. The maximum Gasteiger partial charge on any atom is 0.410 e. The molecule has 1 aliphatic rings. The number of ether oxygens (including phenoxy) is 1. The molecule has 9 heteroatoms. The number of halogens is 1. The molecule has 33 heavy (non-hydrogen) atoms. The molecular formula is C24H37ClN6O2. The number of aryl methyl sites for hydroxylation is 1. The quantitative estimate of drug-likeness (QED) is 0.663. The molecule has 1 aromatic carbocycles. The van der Waals surface area contributed by atoms with Gasteiger partial charge in [0.15, 0.2) is 5.82 Å². The predicted octanol–water partition coefficient (Wildman–Crippen LogP) is 4.86. The first-order valence-electron chi connectivity index (χ1n) is 11.6. The summed E-state index contributed by atoms with van der Waals surface area (Å²) in [6, 6.07) is 8.02. The van der Waals surface area contributed by atoms with E-state index < -0.39 is 11.1 Å². The molecule has 3 rings (SSSR count). The summed E-state index contributed by atoms with van der Waals surface area (Å²) in [6.45, 7) is 13.3. The van der Waals surface area contributed by atoms with Crippen molar-refractivity contribution in [3.05, 3.63) is 40.7 Å². The zero-order chi connectivity index (χ0) is 24.4. The molecular weight excluding hydrogens is 440 g/mol. The number of nitrogens with one attached hydrogen (secondary N) is 1. The number of carbonyl (C=O) groups is 1. The van der Waals surface area contributed by atoms with Gasteiger partial charge in [-0.3, -0.25) is 5.32 Å². The van der Waals surface area contributed by atoms with Gasteiger partial charge in [0, 0.05) is 31.2 Å². The molecule has 1 aliphatic heterocycles. The fourth-order valence-electron chi connectivity index (χ4n) is 4.83. The summed E-state index contributed by atoms with van der Waals surface area (Å²) in [4.78, 5) is 14.8. The van der Waals surface area contributed by atoms with Crippen LogP contribution in [-0.2, 0) is 17.3 Å². The Morgan fingerprint density at radius 3 is 2.48 bits per heavy atom. The van der Waals surface area contributed by atoms with Crippen molar-refractivity contribution in [2.24, 2.45) is 12.5 Å². The van der Waals surface area contributed by atoms with Crippen LogP contribution in [0.5, 0.6) is 0 Å². The predicted molar refractivity (Wildman–Crippen MR) is 129 cm³/mol. The Balaban J connectivity index is 1.98. The number of likely N-dealkylation sites (tertiary alicyclic amines) is 1. The Bertz CT molecular complexity index is 953. The van der Waals surface area contributed by atoms with E-state index in [1.54, 1.807) is 4.68 Å². The van der Waals surface area contributed by atoms with E-state index in [9.17, 15) is 4.79 Å². The lowest BCUT2D eigenvalue weighted by Crippen LogP contribution is -2.48. The van der Waals surface area contributed by atoms with Crippen LogP contribution in [0.4, 0.5) is 4.79 Å². The molecule has 0 bridgehead atoms. The van der Waals surface area contributed by atoms with Gasteiger partial charge in [-0.15, -0.1) is 5.10 Å². The molecule has 2 heterocycles. The van der Waals surface area contributed by atoms with Crippen LogP contribution >= 0.6 is 11.6 Å². The third-order valence-electron chi connectivity index (χ3n) is 6.04. The van der Waals surface area contributed by atoms with Crippen molar-refractivity contribution in [2.45, 2.75) is 78.0 Å². The zero-order valence-electron chi connectivity index (χ0n) is 20.9. The minimum atomic E-state index is -0.543. The second-order valence-corrected chi connectivity index (χ2v) is 11.3. The third kappa shape index (κ3) is 6.23. The summed E-state index contributed by atoms with van der Waals surface area (Å²) in [6.07, 6.45) is 2.02. The summed E-state index contributed by atoms with van der Waals surface area (Å²) in [5.41, 5.74) is -0.121. The normalized spacial score (nSPS) is 22.0. The molecule has 1 saturated heterocycles. The van der Waals surface area contributed by atoms with Gasteiger partial charge in [-0.05, 0) is 73.6 Å². The Morgan fingerprint density at radius 2 is 1.94 bits per heavy atom. The van der Waals surface area contributed by atoms with E-state index in [2.05, 4.69) is 53.7 Å². The lowest BCUT2D eigenvalue weighted by molar-refractivity contribution is 0.0200. The van der Waals surface area contributed by atoms with Gasteiger partial charge in [-0.25, -0.2) is 9.48 Å². The average Bonchev–Trinajstić information content (AvgIpc) is 3.08. The topological polar surface area (TPSA) is 85.2 Å². The highest BCUT2D eigenvalue weighted by atomic mass is 35.5. The van der Waals surface area contributed by atoms with Gasteiger partial charge in [-0.2, -0.15) is 0 Å². The lowest BCUT2D eigenvalue weighted by Gasteiger charge is -2.40. The fraction of sp³-hybridized carbons (Fsp3) is 0.667. The minimum Gasteiger partial charge on any atom is -0.444 e. The van der Waals surface area contributed by atoms with Gasteiger partial charge in [-0.1, -0.05) is 44.5 Å². The highest BCUT2D eigenvalue weighted by molar-refractivity contribution is 6.30. The highest BCUT2D eigenvalue weighted by Crippen LogP contribution is 2.42. The maximum atomic E-state index is 13.0. The van der Waals surface area contributed by atoms with E-state index in [4.69, 9.17) is 16.3 Å². The number of hydrogen-bond donors (Lipinski definition) is 1. The Hall–Kier alpha value is -2.19. The Kier molecular flexibility index (Phi) is 7.39. The van der Waals surface area contributed by atoms with Crippen molar-refractivity contribution in [1.29, 1.82) is 0 Å². The van der Waals surface area contributed by atoms with Crippen LogP contribution < -0.4 is 5.32 Å². The first-order chi connectivity index (χ1) is 15.3. The monoisotopic (exact) mass is 476 g/mol. The number of rotatable bonds is 5. The first kappa shape index (κ1) is 25.4. The zero-order valence-corrected chi connectivity index (χ0v) is 21.6. The molecule has 0 spiro atoms. The molecule has 182 valence electrons. The SMILES string of the molecule is CC[C@H](NC1(c2nnnn2C)CCN(C(=O)OC(C)(C)C)CC(C)(C)C1)c1ccc(Cl)cc1. The van der Waals surface area contributed by atoms with Crippen molar-refractivity contribution in [2.75, 3.05) is 13.1 Å². The molecule has 0 radical (unpaired) electrons. The summed E-state index contributed by atoms with van der Waals surface area (Å²) in [5, 5.41) is 17.1. The van der Waals surface area contributed by atoms with E-state index in [1.165, 1.54) is 0 Å². The molecule has 1 unspecified atom stereocenters. The van der Waals surface area contributed by atoms with Crippen LogP contribution in [0.25, 0.3) is 0 Å². The number of benzene rings is 1. The van der Waals surface area contributed by atoms with E-state index in [0.29, 0.717) is 24.5 Å². The largest absolute Gasteiger partial charge is 0.444 e. The number of nitrogens with zero attached hydrogens (tertiary/aromatic N) is 5. The van der Waals surface area contributed by atoms with Crippen molar-refractivity contribution in [1.82, 2.24) is 30.4 Å². The highest BCUT2D eigenvalue weighted by Gasteiger charge is 2.47. The molecule has 1 aromatic heterocycles. The van der Waals surface area contributed by atoms with Crippen LogP contribution in [0.3, 0.4) is 0 Å². The molecule has 2 aromatic rings. The molecule has 1 amide bonds. The number of amides is 1. The molecule has 2 atom stereocenters. The van der Waals surface area contributed by atoms with Gasteiger partial charge in [0.05, 0.1) is 5.54 Å². The molecule has 0 aliphatic carbocycles. The second kappa shape index (κ2) is 9.58. The minimum absolute atomic E-state index is 0.0721. The van der Waals surface area contributed by atoms with E-state index in [0.717, 1.165) is 24.2 Å². The number of hydrogen-bond acceptors (Lipinski definition) is 6. The lowest BCUT2D eigenvalue weighted by atomic mass is 9.76. The summed E-state index contributed by atoms with van der Waals surface area (Å²) in [5.74, 6) is 0.772. The summed E-state index contributed by atoms with van der Waals surface area (Å²) >= 11 is 6.13. The summed E-state index contributed by atoms with van der Waals surface area (Å²) < 4.78 is 7.44. The maximum absolute atomic E-state index is 13.0. The van der Waals surface area contributed by atoms with Gasteiger partial charge in [0.25, 0.3) is 0 Å². The van der Waals surface area contributed by atoms with Crippen LogP contribution in [0.15, 0.2) is 24.3 Å². The number of aromatic nitrogens is 4. The first-order valence-corrected chi connectivity index (χ1v) is 12.0. The van der Waals surface area contributed by atoms with Crippen molar-refractivity contribution >= 4 is 17.7 Å². The molecule has 8 nitrogen and oxygen atoms in total. The smallest absolute Gasteiger partial charge is 0.410 e. The van der Waals surface area contributed by atoms with Crippen LogP contribution in [0, 0.1) is 5.41 Å². The Labute approximate surface area is 202 Å². The Morgan fingerprint density at radius 1 is 1.27 bits per heavy atom.